The van der Waals surface area contributed by atoms with Crippen LogP contribution in [0.2, 0.25) is 0 Å². The number of rotatable bonds is 4. The molecule has 1 unspecified atom stereocenters. The Kier molecular flexibility index (Phi) is 5.16. The highest BCUT2D eigenvalue weighted by atomic mass is 79.9. The Bertz CT molecular complexity index is 552. The van der Waals surface area contributed by atoms with E-state index in [4.69, 9.17) is 16.2 Å². The van der Waals surface area contributed by atoms with E-state index in [0.29, 0.717) is 29.0 Å². The topological polar surface area (TPSA) is 111 Å². The molecule has 1 aliphatic heterocycles. The van der Waals surface area contributed by atoms with Crippen LogP contribution in [0.15, 0.2) is 22.7 Å². The zero-order valence-corrected chi connectivity index (χ0v) is 12.9. The lowest BCUT2D eigenvalue weighted by Gasteiger charge is -2.32. The Morgan fingerprint density at radius 2 is 2.24 bits per heavy atom. The van der Waals surface area contributed by atoms with Crippen LogP contribution in [-0.4, -0.2) is 49.1 Å². The van der Waals surface area contributed by atoms with E-state index >= 15 is 0 Å². The van der Waals surface area contributed by atoms with E-state index in [9.17, 15) is 9.59 Å². The molecule has 1 fully saturated rings. The van der Waals surface area contributed by atoms with Crippen molar-refractivity contribution < 1.29 is 14.3 Å². The molecular weight excluding hydrogens is 340 g/mol. The van der Waals surface area contributed by atoms with Crippen molar-refractivity contribution in [2.45, 2.75) is 6.04 Å². The number of morpholine rings is 1. The van der Waals surface area contributed by atoms with Crippen molar-refractivity contribution in [3.63, 3.8) is 0 Å². The first kappa shape index (κ1) is 15.7. The van der Waals surface area contributed by atoms with Crippen molar-refractivity contribution in [3.8, 4) is 0 Å². The van der Waals surface area contributed by atoms with Crippen LogP contribution in [0.5, 0.6) is 0 Å². The van der Waals surface area contributed by atoms with E-state index in [2.05, 4.69) is 21.2 Å². The van der Waals surface area contributed by atoms with Crippen LogP contribution in [0.3, 0.4) is 0 Å². The fraction of sp³-hybridized carbons (Fsp3) is 0.385. The van der Waals surface area contributed by atoms with Crippen molar-refractivity contribution in [1.29, 1.82) is 0 Å². The molecular formula is C13H17BrN4O3. The molecule has 0 spiro atoms. The monoisotopic (exact) mass is 356 g/mol. The summed E-state index contributed by atoms with van der Waals surface area (Å²) >= 11 is 3.33. The lowest BCUT2D eigenvalue weighted by molar-refractivity contribution is -0.131. The number of primary amides is 1. The third-order valence-corrected chi connectivity index (χ3v) is 3.84. The van der Waals surface area contributed by atoms with Gasteiger partial charge in [0.25, 0.3) is 0 Å². The van der Waals surface area contributed by atoms with E-state index in [-0.39, 0.29) is 19.1 Å². The van der Waals surface area contributed by atoms with Crippen LogP contribution in [0.1, 0.15) is 0 Å². The van der Waals surface area contributed by atoms with E-state index in [1.54, 1.807) is 23.1 Å². The Morgan fingerprint density at radius 3 is 2.90 bits per heavy atom. The number of nitrogen functional groups attached to an aromatic ring is 1. The molecule has 0 aromatic heterocycles. The maximum atomic E-state index is 12.1. The van der Waals surface area contributed by atoms with Crippen molar-refractivity contribution in [1.82, 2.24) is 4.90 Å². The fourth-order valence-electron chi connectivity index (χ4n) is 2.10. The predicted molar refractivity (Wildman–Crippen MR) is 82.6 cm³/mol. The molecule has 2 rings (SSSR count). The normalized spacial score (nSPS) is 19.2. The lowest BCUT2D eigenvalue weighted by atomic mass is 10.2. The highest BCUT2D eigenvalue weighted by Gasteiger charge is 2.29. The summed E-state index contributed by atoms with van der Waals surface area (Å²) in [6.07, 6.45) is 0. The van der Waals surface area contributed by atoms with Gasteiger partial charge in [-0.25, -0.2) is 0 Å². The molecule has 0 radical (unpaired) electrons. The average Bonchev–Trinajstić information content (AvgIpc) is 2.42. The number of amides is 2. The quantitative estimate of drug-likeness (QED) is 0.665. The number of ether oxygens (including phenoxy) is 1. The van der Waals surface area contributed by atoms with Gasteiger partial charge >= 0.3 is 0 Å². The Labute approximate surface area is 130 Å². The molecule has 1 saturated heterocycles. The van der Waals surface area contributed by atoms with Gasteiger partial charge in [0.1, 0.15) is 6.04 Å². The number of halogens is 1. The molecule has 1 aromatic carbocycles. The minimum absolute atomic E-state index is 0.0772. The van der Waals surface area contributed by atoms with E-state index in [1.165, 1.54) is 0 Å². The maximum absolute atomic E-state index is 12.1. The third kappa shape index (κ3) is 4.16. The van der Waals surface area contributed by atoms with E-state index in [0.717, 1.165) is 0 Å². The number of carbonyl (C=O) groups is 2. The minimum Gasteiger partial charge on any atom is -0.399 e. The molecule has 2 amide bonds. The third-order valence-electron chi connectivity index (χ3n) is 3.18. The second kappa shape index (κ2) is 6.88. The molecule has 0 saturated carbocycles. The lowest BCUT2D eigenvalue weighted by Crippen LogP contribution is -2.54. The molecule has 1 aliphatic rings. The molecule has 114 valence electrons. The summed E-state index contributed by atoms with van der Waals surface area (Å²) in [5.41, 5.74) is 12.2. The zero-order valence-electron chi connectivity index (χ0n) is 11.3. The van der Waals surface area contributed by atoms with Gasteiger partial charge in [-0.15, -0.1) is 0 Å². The van der Waals surface area contributed by atoms with Gasteiger partial charge in [0.15, 0.2) is 0 Å². The number of nitrogens with two attached hydrogens (primary N) is 2. The van der Waals surface area contributed by atoms with Crippen LogP contribution in [0.4, 0.5) is 11.4 Å². The highest BCUT2D eigenvalue weighted by molar-refractivity contribution is 9.10. The van der Waals surface area contributed by atoms with E-state index in [1.807, 2.05) is 0 Å². The first-order valence-electron chi connectivity index (χ1n) is 6.43. The van der Waals surface area contributed by atoms with Gasteiger partial charge in [-0.2, -0.15) is 0 Å². The average molecular weight is 357 g/mol. The maximum Gasteiger partial charge on any atom is 0.238 e. The number of nitrogens with zero attached hydrogens (tertiary/aromatic N) is 1. The second-order valence-electron chi connectivity index (χ2n) is 4.75. The summed E-state index contributed by atoms with van der Waals surface area (Å²) in [6, 6.07) is 4.54. The first-order valence-corrected chi connectivity index (χ1v) is 7.22. The fourth-order valence-corrected chi connectivity index (χ4v) is 2.59. The van der Waals surface area contributed by atoms with E-state index < -0.39 is 11.9 Å². The SMILES string of the molecule is NC(=O)C1COCCN1CC(=O)Nc1ccc(N)cc1Br. The summed E-state index contributed by atoms with van der Waals surface area (Å²) in [7, 11) is 0. The van der Waals surface area contributed by atoms with Gasteiger partial charge in [-0.3, -0.25) is 14.5 Å². The zero-order chi connectivity index (χ0) is 15.4. The minimum atomic E-state index is -0.570. The summed E-state index contributed by atoms with van der Waals surface area (Å²) in [5, 5.41) is 2.77. The van der Waals surface area contributed by atoms with Crippen molar-refractivity contribution in [2.24, 2.45) is 5.73 Å². The molecule has 1 aromatic rings. The predicted octanol–water partition coefficient (Wildman–Crippen LogP) is 0.156. The highest BCUT2D eigenvalue weighted by Crippen LogP contribution is 2.24. The summed E-state index contributed by atoms with van der Waals surface area (Å²) < 4.78 is 5.91. The van der Waals surface area contributed by atoms with Gasteiger partial charge in [0.2, 0.25) is 11.8 Å². The number of benzene rings is 1. The second-order valence-corrected chi connectivity index (χ2v) is 5.61. The number of nitrogens with one attached hydrogen (secondary N) is 1. The van der Waals surface area contributed by atoms with Crippen molar-refractivity contribution in [3.05, 3.63) is 22.7 Å². The van der Waals surface area contributed by atoms with Crippen molar-refractivity contribution >= 4 is 39.1 Å². The van der Waals surface area contributed by atoms with Crippen molar-refractivity contribution in [2.75, 3.05) is 37.4 Å². The van der Waals surface area contributed by atoms with Crippen LogP contribution in [0.25, 0.3) is 0 Å². The summed E-state index contributed by atoms with van der Waals surface area (Å²) in [5.74, 6) is -0.718. The summed E-state index contributed by atoms with van der Waals surface area (Å²) in [4.78, 5) is 25.1. The van der Waals surface area contributed by atoms with Gasteiger partial charge in [0.05, 0.1) is 25.4 Å². The Hall–Kier alpha value is -1.64. The number of anilines is 2. The molecule has 1 atom stereocenters. The molecule has 0 aliphatic carbocycles. The molecule has 8 heteroatoms. The van der Waals surface area contributed by atoms with Gasteiger partial charge in [0, 0.05) is 16.7 Å². The first-order chi connectivity index (χ1) is 9.97. The Morgan fingerprint density at radius 1 is 1.48 bits per heavy atom. The number of hydrogen-bond acceptors (Lipinski definition) is 5. The number of carbonyl (C=O) groups excluding carboxylic acids is 2. The number of hydrogen-bond donors (Lipinski definition) is 3. The van der Waals surface area contributed by atoms with Gasteiger partial charge in [-0.1, -0.05) is 0 Å². The van der Waals surface area contributed by atoms with Gasteiger partial charge < -0.3 is 21.5 Å². The van der Waals surface area contributed by atoms with Crippen LogP contribution >= 0.6 is 15.9 Å². The molecule has 7 nitrogen and oxygen atoms in total. The Balaban J connectivity index is 1.98. The van der Waals surface area contributed by atoms with Crippen LogP contribution in [-0.2, 0) is 14.3 Å². The van der Waals surface area contributed by atoms with Gasteiger partial charge in [-0.05, 0) is 34.1 Å². The molecule has 1 heterocycles. The van der Waals surface area contributed by atoms with Crippen LogP contribution in [0, 0.1) is 0 Å². The smallest absolute Gasteiger partial charge is 0.238 e. The largest absolute Gasteiger partial charge is 0.399 e. The molecule has 0 bridgehead atoms. The molecule has 5 N–H and O–H groups in total. The standard InChI is InChI=1S/C13H17BrN4O3/c14-9-5-8(15)1-2-10(9)17-12(19)6-18-3-4-21-7-11(18)13(16)20/h1-2,5,11H,3-4,6-7,15H2,(H2,16,20)(H,17,19). The molecule has 21 heavy (non-hydrogen) atoms. The summed E-state index contributed by atoms with van der Waals surface area (Å²) in [6.45, 7) is 1.26. The van der Waals surface area contributed by atoms with Crippen LogP contribution < -0.4 is 16.8 Å².